The first-order valence-electron chi connectivity index (χ1n) is 10.8. The third-order valence-corrected chi connectivity index (χ3v) is 7.51. The number of hydrogen-bond acceptors (Lipinski definition) is 6. The molecule has 1 N–H and O–H groups in total. The molecule has 1 amide bonds. The molecule has 2 aromatic carbocycles. The van der Waals surface area contributed by atoms with Gasteiger partial charge in [0.2, 0.25) is 15.9 Å². The van der Waals surface area contributed by atoms with Gasteiger partial charge in [-0.25, -0.2) is 16.8 Å². The number of benzene rings is 2. The molecule has 0 spiro atoms. The summed E-state index contributed by atoms with van der Waals surface area (Å²) in [5.41, 5.74) is 2.03. The van der Waals surface area contributed by atoms with Crippen molar-refractivity contribution in [1.29, 1.82) is 0 Å². The van der Waals surface area contributed by atoms with E-state index in [4.69, 9.17) is 0 Å². The first-order valence-corrected chi connectivity index (χ1v) is 14.6. The maximum absolute atomic E-state index is 13.2. The van der Waals surface area contributed by atoms with Gasteiger partial charge in [-0.2, -0.15) is 0 Å². The monoisotopic (exact) mass is 529 g/mol. The fraction of sp³-hybridized carbons (Fsp3) is 0.435. The van der Waals surface area contributed by atoms with Crippen LogP contribution >= 0.6 is 12.4 Å². The van der Waals surface area contributed by atoms with Gasteiger partial charge >= 0.3 is 0 Å². The molecule has 8 nitrogen and oxygen atoms in total. The molecule has 3 rings (SSSR count). The second kappa shape index (κ2) is 11.5. The third-order valence-electron chi connectivity index (χ3n) is 5.77. The van der Waals surface area contributed by atoms with Crippen molar-refractivity contribution >= 4 is 43.9 Å². The lowest BCUT2D eigenvalue weighted by molar-refractivity contribution is -0.131. The number of anilines is 1. The second-order valence-electron chi connectivity index (χ2n) is 8.62. The fourth-order valence-electron chi connectivity index (χ4n) is 4.01. The maximum atomic E-state index is 13.2. The molecule has 1 saturated heterocycles. The SMILES string of the molecule is CN(C(=O)Cc1ccc(S(C)(=O)=O)cc1)[C@H](CN1CCCC1)c1cccc(NS(C)(=O)=O)c1.Cl. The number of carbonyl (C=O) groups excluding carboxylic acids is 1. The van der Waals surface area contributed by atoms with Crippen LogP contribution in [0.15, 0.2) is 53.4 Å². The number of nitrogens with one attached hydrogen (secondary N) is 1. The van der Waals surface area contributed by atoms with Gasteiger partial charge in [0.1, 0.15) is 0 Å². The Balaban J connectivity index is 0.00000408. The van der Waals surface area contributed by atoms with Crippen LogP contribution in [0.4, 0.5) is 5.69 Å². The minimum atomic E-state index is -3.42. The van der Waals surface area contributed by atoms with Gasteiger partial charge in [0, 0.05) is 25.5 Å². The van der Waals surface area contributed by atoms with Gasteiger partial charge in [-0.05, 0) is 61.3 Å². The molecule has 0 aromatic heterocycles. The molecule has 0 radical (unpaired) electrons. The lowest BCUT2D eigenvalue weighted by Crippen LogP contribution is -2.39. The number of carbonyl (C=O) groups is 1. The molecule has 1 atom stereocenters. The van der Waals surface area contributed by atoms with E-state index < -0.39 is 19.9 Å². The molecule has 0 saturated carbocycles. The Labute approximate surface area is 208 Å². The predicted octanol–water partition coefficient (Wildman–Crippen LogP) is 2.72. The minimum absolute atomic E-state index is 0. The van der Waals surface area contributed by atoms with Crippen molar-refractivity contribution in [2.24, 2.45) is 0 Å². The predicted molar refractivity (Wildman–Crippen MR) is 137 cm³/mol. The number of sulfonamides is 1. The van der Waals surface area contributed by atoms with Crippen LogP contribution in [0.3, 0.4) is 0 Å². The number of halogens is 1. The van der Waals surface area contributed by atoms with E-state index in [2.05, 4.69) is 9.62 Å². The number of sulfone groups is 1. The summed E-state index contributed by atoms with van der Waals surface area (Å²) in [6, 6.07) is 13.2. The smallest absolute Gasteiger partial charge is 0.229 e. The van der Waals surface area contributed by atoms with Crippen LogP contribution in [0.1, 0.15) is 30.0 Å². The van der Waals surface area contributed by atoms with Crippen molar-refractivity contribution in [1.82, 2.24) is 9.80 Å². The highest BCUT2D eigenvalue weighted by molar-refractivity contribution is 7.92. The topological polar surface area (TPSA) is 104 Å². The Morgan fingerprint density at radius 3 is 2.21 bits per heavy atom. The van der Waals surface area contributed by atoms with Crippen molar-refractivity contribution in [2.75, 3.05) is 43.9 Å². The van der Waals surface area contributed by atoms with Crippen LogP contribution in [0, 0.1) is 0 Å². The van der Waals surface area contributed by atoms with Crippen molar-refractivity contribution in [3.8, 4) is 0 Å². The quantitative estimate of drug-likeness (QED) is 0.535. The van der Waals surface area contributed by atoms with E-state index >= 15 is 0 Å². The van der Waals surface area contributed by atoms with Gasteiger partial charge in [-0.1, -0.05) is 24.3 Å². The normalized spacial score (nSPS) is 15.4. The molecule has 188 valence electrons. The lowest BCUT2D eigenvalue weighted by Gasteiger charge is -2.32. The largest absolute Gasteiger partial charge is 0.337 e. The Bertz CT molecular complexity index is 1200. The molecule has 34 heavy (non-hydrogen) atoms. The summed E-state index contributed by atoms with van der Waals surface area (Å²) in [5.74, 6) is -0.104. The number of likely N-dealkylation sites (N-methyl/N-ethyl adjacent to an activating group) is 1. The zero-order valence-electron chi connectivity index (χ0n) is 19.6. The first kappa shape index (κ1) is 28.1. The molecule has 1 aliphatic heterocycles. The maximum Gasteiger partial charge on any atom is 0.229 e. The van der Waals surface area contributed by atoms with Crippen LogP contribution in [-0.2, 0) is 31.1 Å². The van der Waals surface area contributed by atoms with E-state index in [0.717, 1.165) is 49.6 Å². The highest BCUT2D eigenvalue weighted by Crippen LogP contribution is 2.26. The number of nitrogens with zero attached hydrogens (tertiary/aromatic N) is 2. The Morgan fingerprint density at radius 2 is 1.65 bits per heavy atom. The average molecular weight is 530 g/mol. The van der Waals surface area contributed by atoms with Crippen molar-refractivity contribution in [3.05, 3.63) is 59.7 Å². The molecule has 2 aromatic rings. The average Bonchev–Trinajstić information content (AvgIpc) is 3.23. The van der Waals surface area contributed by atoms with Gasteiger partial charge in [0.25, 0.3) is 0 Å². The summed E-state index contributed by atoms with van der Waals surface area (Å²) in [4.78, 5) is 17.4. The van der Waals surface area contributed by atoms with Crippen molar-refractivity contribution < 1.29 is 21.6 Å². The summed E-state index contributed by atoms with van der Waals surface area (Å²) >= 11 is 0. The van der Waals surface area contributed by atoms with Gasteiger partial charge in [0.15, 0.2) is 9.84 Å². The second-order valence-corrected chi connectivity index (χ2v) is 12.4. The Hall–Kier alpha value is -2.14. The van der Waals surface area contributed by atoms with E-state index in [-0.39, 0.29) is 35.7 Å². The van der Waals surface area contributed by atoms with Gasteiger partial charge in [-0.15, -0.1) is 12.4 Å². The summed E-state index contributed by atoms with van der Waals surface area (Å²) in [6.07, 6.45) is 4.63. The van der Waals surface area contributed by atoms with Crippen LogP contribution < -0.4 is 4.72 Å². The Morgan fingerprint density at radius 1 is 1.03 bits per heavy atom. The molecule has 1 fully saturated rings. The summed E-state index contributed by atoms with van der Waals surface area (Å²) in [7, 11) is -4.96. The minimum Gasteiger partial charge on any atom is -0.337 e. The van der Waals surface area contributed by atoms with Crippen molar-refractivity contribution in [2.45, 2.75) is 30.2 Å². The summed E-state index contributed by atoms with van der Waals surface area (Å²) < 4.78 is 49.2. The van der Waals surface area contributed by atoms with Crippen LogP contribution in [0.25, 0.3) is 0 Å². The van der Waals surface area contributed by atoms with E-state index in [0.29, 0.717) is 12.2 Å². The lowest BCUT2D eigenvalue weighted by atomic mass is 10.0. The molecule has 1 aliphatic rings. The molecule has 1 heterocycles. The van der Waals surface area contributed by atoms with E-state index in [9.17, 15) is 21.6 Å². The van der Waals surface area contributed by atoms with Crippen LogP contribution in [-0.4, -0.2) is 71.7 Å². The van der Waals surface area contributed by atoms with E-state index in [1.807, 2.05) is 6.07 Å². The van der Waals surface area contributed by atoms with Gasteiger partial charge in [-0.3, -0.25) is 9.52 Å². The van der Waals surface area contributed by atoms with Crippen LogP contribution in [0.5, 0.6) is 0 Å². The fourth-order valence-corrected chi connectivity index (χ4v) is 5.20. The summed E-state index contributed by atoms with van der Waals surface area (Å²) in [6.45, 7) is 2.58. The molecular formula is C23H32ClN3O5S2. The molecule has 11 heteroatoms. The van der Waals surface area contributed by atoms with Crippen molar-refractivity contribution in [3.63, 3.8) is 0 Å². The standard InChI is InChI=1S/C23H31N3O5S2.ClH/c1-25(23(27)15-18-9-11-21(12-10-18)32(2,28)29)22(17-26-13-4-5-14-26)19-7-6-8-20(16-19)24-33(3,30)31;/h6-12,16,22,24H,4-5,13-15,17H2,1-3H3;1H/t22-;/m1./s1. The summed E-state index contributed by atoms with van der Waals surface area (Å²) in [5, 5.41) is 0. The number of amides is 1. The highest BCUT2D eigenvalue weighted by Gasteiger charge is 2.26. The van der Waals surface area contributed by atoms with E-state index in [1.54, 1.807) is 42.3 Å². The number of rotatable bonds is 9. The van der Waals surface area contributed by atoms with Gasteiger partial charge < -0.3 is 9.80 Å². The number of hydrogen-bond donors (Lipinski definition) is 1. The third kappa shape index (κ3) is 7.97. The first-order chi connectivity index (χ1) is 15.4. The van der Waals surface area contributed by atoms with Gasteiger partial charge in [0.05, 0.1) is 23.6 Å². The number of likely N-dealkylation sites (tertiary alicyclic amines) is 1. The van der Waals surface area contributed by atoms with E-state index in [1.165, 1.54) is 12.1 Å². The zero-order chi connectivity index (χ0) is 24.2. The molecule has 0 aliphatic carbocycles. The molecule has 0 bridgehead atoms. The Kier molecular flexibility index (Phi) is 9.53. The zero-order valence-corrected chi connectivity index (χ0v) is 22.0. The molecule has 0 unspecified atom stereocenters. The highest BCUT2D eigenvalue weighted by atomic mass is 35.5. The van der Waals surface area contributed by atoms with Crippen LogP contribution in [0.2, 0.25) is 0 Å². The molecular weight excluding hydrogens is 498 g/mol.